The third-order valence-electron chi connectivity index (χ3n) is 4.39. The number of carbonyl (C=O) groups excluding carboxylic acids is 2. The van der Waals surface area contributed by atoms with E-state index in [1.54, 1.807) is 0 Å². The first-order chi connectivity index (χ1) is 11.5. The molecule has 24 heavy (non-hydrogen) atoms. The van der Waals surface area contributed by atoms with E-state index in [4.69, 9.17) is 5.84 Å². The van der Waals surface area contributed by atoms with Crippen molar-refractivity contribution in [1.82, 2.24) is 10.9 Å². The molecule has 2 aromatic rings. The summed E-state index contributed by atoms with van der Waals surface area (Å²) in [6.07, 6.45) is 0. The second kappa shape index (κ2) is 6.43. The molecule has 3 rings (SSSR count). The summed E-state index contributed by atoms with van der Waals surface area (Å²) in [5.41, 5.74) is 8.62. The summed E-state index contributed by atoms with van der Waals surface area (Å²) >= 11 is 0. The summed E-state index contributed by atoms with van der Waals surface area (Å²) in [6.45, 7) is 3.85. The van der Waals surface area contributed by atoms with Gasteiger partial charge < -0.3 is 0 Å². The Labute approximate surface area is 140 Å². The number of hydrogen-bond acceptors (Lipinski definition) is 4. The monoisotopic (exact) mass is 324 g/mol. The number of amides is 2. The van der Waals surface area contributed by atoms with E-state index >= 15 is 0 Å². The first-order valence-corrected chi connectivity index (χ1v) is 7.76. The van der Waals surface area contributed by atoms with Gasteiger partial charge in [0.1, 0.15) is 6.04 Å². The van der Waals surface area contributed by atoms with Crippen molar-refractivity contribution in [3.05, 3.63) is 65.2 Å². The molecular formula is C18H20N4O2. The molecule has 0 bridgehead atoms. The van der Waals surface area contributed by atoms with Gasteiger partial charge in [0.25, 0.3) is 11.8 Å². The van der Waals surface area contributed by atoms with Crippen LogP contribution in [-0.2, 0) is 9.59 Å². The predicted molar refractivity (Wildman–Crippen MR) is 91.8 cm³/mol. The largest absolute Gasteiger partial charge is 0.293 e. The van der Waals surface area contributed by atoms with Gasteiger partial charge in [-0.3, -0.25) is 15.0 Å². The van der Waals surface area contributed by atoms with Crippen LogP contribution in [0.2, 0.25) is 0 Å². The van der Waals surface area contributed by atoms with Crippen LogP contribution in [0, 0.1) is 13.8 Å². The number of nitrogens with one attached hydrogen (secondary N) is 2. The van der Waals surface area contributed by atoms with E-state index in [1.807, 2.05) is 62.4 Å². The van der Waals surface area contributed by atoms with E-state index in [1.165, 1.54) is 5.01 Å². The molecular weight excluding hydrogens is 304 g/mol. The fraction of sp³-hybridized carbons (Fsp3) is 0.222. The Hall–Kier alpha value is -2.70. The first-order valence-electron chi connectivity index (χ1n) is 7.76. The third kappa shape index (κ3) is 2.66. The van der Waals surface area contributed by atoms with Crippen LogP contribution < -0.4 is 21.7 Å². The molecule has 0 aliphatic carbocycles. The van der Waals surface area contributed by atoms with Crippen molar-refractivity contribution in [3.8, 4) is 0 Å². The first kappa shape index (κ1) is 16.2. The van der Waals surface area contributed by atoms with Crippen LogP contribution in [0.4, 0.5) is 5.69 Å². The van der Waals surface area contributed by atoms with Crippen LogP contribution in [0.15, 0.2) is 48.5 Å². The number of aryl methyl sites for hydroxylation is 2. The number of benzene rings is 2. The lowest BCUT2D eigenvalue weighted by Gasteiger charge is -2.19. The molecule has 0 spiro atoms. The number of nitrogens with two attached hydrogens (primary N) is 1. The SMILES string of the molecule is Cc1ccccc1C1C(=O)N(c2ccccc2C)NC1C(=O)NN. The van der Waals surface area contributed by atoms with Crippen LogP contribution in [-0.4, -0.2) is 17.9 Å². The standard InChI is InChI=1S/C18H20N4O2/c1-11-7-3-5-9-13(11)15-16(17(23)20-19)21-22(18(15)24)14-10-6-4-8-12(14)2/h3-10,15-16,21H,19H2,1-2H3,(H,20,23). The molecule has 1 aliphatic rings. The lowest BCUT2D eigenvalue weighted by molar-refractivity contribution is -0.125. The number of anilines is 1. The molecule has 1 saturated heterocycles. The maximum atomic E-state index is 13.1. The number of para-hydroxylation sites is 1. The van der Waals surface area contributed by atoms with Gasteiger partial charge in [0.05, 0.1) is 11.6 Å². The van der Waals surface area contributed by atoms with E-state index in [0.717, 1.165) is 22.4 Å². The van der Waals surface area contributed by atoms with Crippen molar-refractivity contribution in [1.29, 1.82) is 0 Å². The predicted octanol–water partition coefficient (Wildman–Crippen LogP) is 1.30. The van der Waals surface area contributed by atoms with Crippen molar-refractivity contribution >= 4 is 17.5 Å². The summed E-state index contributed by atoms with van der Waals surface area (Å²) < 4.78 is 0. The van der Waals surface area contributed by atoms with Gasteiger partial charge in [0, 0.05) is 0 Å². The smallest absolute Gasteiger partial charge is 0.254 e. The Balaban J connectivity index is 2.06. The number of carbonyl (C=O) groups is 2. The maximum absolute atomic E-state index is 13.1. The quantitative estimate of drug-likeness (QED) is 0.451. The van der Waals surface area contributed by atoms with Gasteiger partial charge in [0.15, 0.2) is 0 Å². The van der Waals surface area contributed by atoms with Crippen LogP contribution in [0.25, 0.3) is 0 Å². The zero-order chi connectivity index (χ0) is 17.3. The van der Waals surface area contributed by atoms with Gasteiger partial charge in [-0.2, -0.15) is 0 Å². The van der Waals surface area contributed by atoms with Crippen LogP contribution >= 0.6 is 0 Å². The highest BCUT2D eigenvalue weighted by atomic mass is 16.2. The molecule has 2 aromatic carbocycles. The van der Waals surface area contributed by atoms with Crippen LogP contribution in [0.3, 0.4) is 0 Å². The molecule has 0 aromatic heterocycles. The highest BCUT2D eigenvalue weighted by Gasteiger charge is 2.46. The van der Waals surface area contributed by atoms with Crippen LogP contribution in [0.1, 0.15) is 22.6 Å². The van der Waals surface area contributed by atoms with Gasteiger partial charge in [-0.05, 0) is 36.6 Å². The van der Waals surface area contributed by atoms with Crippen molar-refractivity contribution in [2.24, 2.45) is 5.84 Å². The molecule has 0 radical (unpaired) electrons. The minimum atomic E-state index is -0.761. The molecule has 0 saturated carbocycles. The summed E-state index contributed by atoms with van der Waals surface area (Å²) in [4.78, 5) is 25.3. The van der Waals surface area contributed by atoms with Gasteiger partial charge >= 0.3 is 0 Å². The zero-order valence-corrected chi connectivity index (χ0v) is 13.6. The minimum Gasteiger partial charge on any atom is -0.293 e. The van der Waals surface area contributed by atoms with Gasteiger partial charge in [-0.25, -0.2) is 16.3 Å². The van der Waals surface area contributed by atoms with Gasteiger partial charge in [-0.1, -0.05) is 42.5 Å². The average Bonchev–Trinajstić information content (AvgIpc) is 2.92. The number of hydrogen-bond donors (Lipinski definition) is 3. The fourth-order valence-electron chi connectivity index (χ4n) is 3.11. The lowest BCUT2D eigenvalue weighted by atomic mass is 9.89. The van der Waals surface area contributed by atoms with Crippen molar-refractivity contribution in [2.75, 3.05) is 5.01 Å². The highest BCUT2D eigenvalue weighted by Crippen LogP contribution is 2.33. The van der Waals surface area contributed by atoms with Gasteiger partial charge in [0.2, 0.25) is 0 Å². The lowest BCUT2D eigenvalue weighted by Crippen LogP contribution is -2.48. The second-order valence-electron chi connectivity index (χ2n) is 5.91. The number of nitrogens with zero attached hydrogens (tertiary/aromatic N) is 1. The molecule has 1 heterocycles. The Morgan fingerprint density at radius 2 is 1.71 bits per heavy atom. The summed E-state index contributed by atoms with van der Waals surface area (Å²) in [7, 11) is 0. The Morgan fingerprint density at radius 1 is 1.08 bits per heavy atom. The summed E-state index contributed by atoms with van der Waals surface area (Å²) in [6, 6.07) is 14.3. The normalized spacial score (nSPS) is 20.3. The Bertz CT molecular complexity index is 790. The number of rotatable bonds is 3. The van der Waals surface area contributed by atoms with Gasteiger partial charge in [-0.15, -0.1) is 0 Å². The van der Waals surface area contributed by atoms with E-state index in [-0.39, 0.29) is 5.91 Å². The molecule has 6 nitrogen and oxygen atoms in total. The van der Waals surface area contributed by atoms with Crippen molar-refractivity contribution in [2.45, 2.75) is 25.8 Å². The summed E-state index contributed by atoms with van der Waals surface area (Å²) in [5, 5.41) is 1.45. The van der Waals surface area contributed by atoms with E-state index in [9.17, 15) is 9.59 Å². The maximum Gasteiger partial charge on any atom is 0.254 e. The topological polar surface area (TPSA) is 87.5 Å². The van der Waals surface area contributed by atoms with Crippen molar-refractivity contribution < 1.29 is 9.59 Å². The molecule has 124 valence electrons. The second-order valence-corrected chi connectivity index (χ2v) is 5.91. The minimum absolute atomic E-state index is 0.174. The molecule has 6 heteroatoms. The van der Waals surface area contributed by atoms with Crippen LogP contribution in [0.5, 0.6) is 0 Å². The molecule has 4 N–H and O–H groups in total. The Morgan fingerprint density at radius 3 is 2.33 bits per heavy atom. The zero-order valence-electron chi connectivity index (χ0n) is 13.6. The molecule has 2 atom stereocenters. The molecule has 1 fully saturated rings. The van der Waals surface area contributed by atoms with Crippen molar-refractivity contribution in [3.63, 3.8) is 0 Å². The molecule has 2 unspecified atom stereocenters. The third-order valence-corrected chi connectivity index (χ3v) is 4.39. The molecule has 2 amide bonds. The Kier molecular flexibility index (Phi) is 4.33. The highest BCUT2D eigenvalue weighted by molar-refractivity contribution is 6.05. The van der Waals surface area contributed by atoms with E-state index in [0.29, 0.717) is 0 Å². The van der Waals surface area contributed by atoms with E-state index < -0.39 is 17.9 Å². The number of hydrazine groups is 2. The fourth-order valence-corrected chi connectivity index (χ4v) is 3.11. The average molecular weight is 324 g/mol. The summed E-state index contributed by atoms with van der Waals surface area (Å²) in [5.74, 6) is 4.09. The molecule has 1 aliphatic heterocycles. The van der Waals surface area contributed by atoms with E-state index in [2.05, 4.69) is 10.9 Å².